The Balaban J connectivity index is 1.65. The topological polar surface area (TPSA) is 60.1 Å². The molecule has 0 saturated heterocycles. The van der Waals surface area contributed by atoms with Gasteiger partial charge in [0.25, 0.3) is 0 Å². The van der Waals surface area contributed by atoms with E-state index in [0.717, 1.165) is 27.3 Å². The van der Waals surface area contributed by atoms with E-state index in [4.69, 9.17) is 4.42 Å². The van der Waals surface area contributed by atoms with Gasteiger partial charge in [0.2, 0.25) is 5.91 Å². The molecule has 0 unspecified atom stereocenters. The van der Waals surface area contributed by atoms with Crippen LogP contribution in [0.5, 0.6) is 0 Å². The molecule has 0 atom stereocenters. The predicted octanol–water partition coefficient (Wildman–Crippen LogP) is 4.54. The van der Waals surface area contributed by atoms with Crippen LogP contribution in [0, 0.1) is 0 Å². The molecular formula is C20H19N3O2. The van der Waals surface area contributed by atoms with Crippen molar-refractivity contribution in [3.8, 4) is 0 Å². The first-order valence-electron chi connectivity index (χ1n) is 8.34. The molecule has 0 aliphatic heterocycles. The molecule has 0 bridgehead atoms. The molecule has 0 spiro atoms. The van der Waals surface area contributed by atoms with Crippen molar-refractivity contribution in [3.63, 3.8) is 0 Å². The van der Waals surface area contributed by atoms with E-state index in [1.54, 1.807) is 23.2 Å². The van der Waals surface area contributed by atoms with Gasteiger partial charge < -0.3 is 9.73 Å². The van der Waals surface area contributed by atoms with Crippen LogP contribution in [0.1, 0.15) is 25.5 Å². The fourth-order valence-electron chi connectivity index (χ4n) is 3.19. The molecule has 0 saturated carbocycles. The number of carbonyl (C=O) groups excluding carboxylic acids is 1. The van der Waals surface area contributed by atoms with Gasteiger partial charge in [0.15, 0.2) is 0 Å². The summed E-state index contributed by atoms with van der Waals surface area (Å²) in [4.78, 5) is 12.5. The van der Waals surface area contributed by atoms with E-state index in [9.17, 15) is 4.79 Å². The zero-order valence-electron chi connectivity index (χ0n) is 14.2. The largest absolute Gasteiger partial charge is 0.464 e. The highest BCUT2D eigenvalue weighted by molar-refractivity contribution is 6.08. The van der Waals surface area contributed by atoms with E-state index in [1.807, 2.05) is 38.1 Å². The highest BCUT2D eigenvalue weighted by atomic mass is 16.3. The maximum absolute atomic E-state index is 12.5. The molecule has 2 heterocycles. The highest BCUT2D eigenvalue weighted by Gasteiger charge is 2.15. The normalized spacial score (nSPS) is 11.5. The molecule has 4 aromatic rings. The number of benzene rings is 2. The number of nitrogens with one attached hydrogen (secondary N) is 1. The second kappa shape index (κ2) is 6.09. The summed E-state index contributed by atoms with van der Waals surface area (Å²) < 4.78 is 7.45. The van der Waals surface area contributed by atoms with Gasteiger partial charge in [-0.3, -0.25) is 4.79 Å². The summed E-state index contributed by atoms with van der Waals surface area (Å²) in [6, 6.07) is 14.1. The predicted molar refractivity (Wildman–Crippen MR) is 98.7 cm³/mol. The molecule has 25 heavy (non-hydrogen) atoms. The Bertz CT molecular complexity index is 1060. The van der Waals surface area contributed by atoms with Gasteiger partial charge in [0.05, 0.1) is 18.9 Å². The van der Waals surface area contributed by atoms with Gasteiger partial charge in [-0.25, -0.2) is 4.68 Å². The Kier molecular flexibility index (Phi) is 3.76. The van der Waals surface area contributed by atoms with Crippen LogP contribution in [0.15, 0.2) is 59.3 Å². The molecule has 126 valence electrons. The summed E-state index contributed by atoms with van der Waals surface area (Å²) in [5.74, 6) is 0.621. The number of anilines is 1. The molecule has 2 aromatic heterocycles. The molecule has 1 N–H and O–H groups in total. The molecular weight excluding hydrogens is 314 g/mol. The summed E-state index contributed by atoms with van der Waals surface area (Å²) in [6.45, 7) is 4.05. The lowest BCUT2D eigenvalue weighted by atomic mass is 10.0. The van der Waals surface area contributed by atoms with Crippen molar-refractivity contribution in [2.75, 3.05) is 5.32 Å². The fourth-order valence-corrected chi connectivity index (χ4v) is 3.19. The molecule has 2 aromatic carbocycles. The van der Waals surface area contributed by atoms with Gasteiger partial charge in [0, 0.05) is 23.1 Å². The van der Waals surface area contributed by atoms with Crippen LogP contribution in [0.4, 0.5) is 5.82 Å². The molecule has 0 aliphatic carbocycles. The molecule has 1 amide bonds. The first-order chi connectivity index (χ1) is 12.1. The van der Waals surface area contributed by atoms with E-state index in [-0.39, 0.29) is 18.4 Å². The van der Waals surface area contributed by atoms with Gasteiger partial charge in [-0.15, -0.1) is 0 Å². The maximum Gasteiger partial charge on any atom is 0.230 e. The Morgan fingerprint density at radius 1 is 1.20 bits per heavy atom. The molecule has 0 aliphatic rings. The average molecular weight is 333 g/mol. The van der Waals surface area contributed by atoms with Crippen LogP contribution < -0.4 is 5.32 Å². The summed E-state index contributed by atoms with van der Waals surface area (Å²) in [5, 5.41) is 10.4. The van der Waals surface area contributed by atoms with Gasteiger partial charge in [0.1, 0.15) is 11.4 Å². The lowest BCUT2D eigenvalue weighted by Gasteiger charge is -2.11. The SMILES string of the molecule is CC(C)n1nccc1NC(=O)Cc1coc2ccc3ccccc3c12. The Morgan fingerprint density at radius 2 is 2.04 bits per heavy atom. The third-order valence-corrected chi connectivity index (χ3v) is 4.32. The van der Waals surface area contributed by atoms with E-state index in [0.29, 0.717) is 5.82 Å². The third kappa shape index (κ3) is 2.78. The number of fused-ring (bicyclic) bond motifs is 3. The van der Waals surface area contributed by atoms with Crippen molar-refractivity contribution in [2.24, 2.45) is 0 Å². The van der Waals surface area contributed by atoms with Crippen molar-refractivity contribution in [1.82, 2.24) is 9.78 Å². The number of aromatic nitrogens is 2. The average Bonchev–Trinajstić information content (AvgIpc) is 3.22. The van der Waals surface area contributed by atoms with Gasteiger partial charge in [-0.1, -0.05) is 30.3 Å². The monoisotopic (exact) mass is 333 g/mol. The quantitative estimate of drug-likeness (QED) is 0.596. The zero-order chi connectivity index (χ0) is 17.4. The summed E-state index contributed by atoms with van der Waals surface area (Å²) >= 11 is 0. The van der Waals surface area contributed by atoms with Crippen LogP contribution in [-0.2, 0) is 11.2 Å². The Morgan fingerprint density at radius 3 is 2.88 bits per heavy atom. The summed E-state index contributed by atoms with van der Waals surface area (Å²) in [7, 11) is 0. The number of nitrogens with zero attached hydrogens (tertiary/aromatic N) is 2. The minimum Gasteiger partial charge on any atom is -0.464 e. The number of rotatable bonds is 4. The minimum absolute atomic E-state index is 0.0852. The second-order valence-corrected chi connectivity index (χ2v) is 6.40. The fraction of sp³-hybridized carbons (Fsp3) is 0.200. The summed E-state index contributed by atoms with van der Waals surface area (Å²) in [5.41, 5.74) is 1.69. The Labute approximate surface area is 145 Å². The Hall–Kier alpha value is -3.08. The minimum atomic E-state index is -0.0852. The van der Waals surface area contributed by atoms with Crippen molar-refractivity contribution in [3.05, 3.63) is 60.5 Å². The van der Waals surface area contributed by atoms with Crippen LogP contribution >= 0.6 is 0 Å². The number of carbonyl (C=O) groups is 1. The first kappa shape index (κ1) is 15.4. The van der Waals surface area contributed by atoms with E-state index in [2.05, 4.69) is 22.5 Å². The zero-order valence-corrected chi connectivity index (χ0v) is 14.2. The van der Waals surface area contributed by atoms with Crippen LogP contribution in [0.25, 0.3) is 21.7 Å². The van der Waals surface area contributed by atoms with Crippen molar-refractivity contribution in [2.45, 2.75) is 26.3 Å². The third-order valence-electron chi connectivity index (χ3n) is 4.32. The summed E-state index contributed by atoms with van der Waals surface area (Å²) in [6.07, 6.45) is 3.62. The van der Waals surface area contributed by atoms with Gasteiger partial charge in [-0.2, -0.15) is 5.10 Å². The van der Waals surface area contributed by atoms with E-state index >= 15 is 0 Å². The van der Waals surface area contributed by atoms with Gasteiger partial charge >= 0.3 is 0 Å². The van der Waals surface area contributed by atoms with E-state index in [1.165, 1.54) is 0 Å². The maximum atomic E-state index is 12.5. The number of amides is 1. The van der Waals surface area contributed by atoms with E-state index < -0.39 is 0 Å². The number of furan rings is 1. The number of hydrogen-bond acceptors (Lipinski definition) is 3. The molecule has 0 radical (unpaired) electrons. The van der Waals surface area contributed by atoms with Crippen LogP contribution in [0.3, 0.4) is 0 Å². The molecule has 5 heteroatoms. The lowest BCUT2D eigenvalue weighted by molar-refractivity contribution is -0.115. The standard InChI is InChI=1S/C20H19N3O2/c1-13(2)23-18(9-10-21-23)22-19(24)11-15-12-25-17-8-7-14-5-3-4-6-16(14)20(15)17/h3-10,12-13H,11H2,1-2H3,(H,22,24). The second-order valence-electron chi connectivity index (χ2n) is 6.40. The smallest absolute Gasteiger partial charge is 0.230 e. The van der Waals surface area contributed by atoms with Crippen molar-refractivity contribution < 1.29 is 9.21 Å². The van der Waals surface area contributed by atoms with Crippen molar-refractivity contribution in [1.29, 1.82) is 0 Å². The lowest BCUT2D eigenvalue weighted by Crippen LogP contribution is -2.18. The van der Waals surface area contributed by atoms with Crippen LogP contribution in [0.2, 0.25) is 0 Å². The molecule has 4 rings (SSSR count). The van der Waals surface area contributed by atoms with Crippen LogP contribution in [-0.4, -0.2) is 15.7 Å². The first-order valence-corrected chi connectivity index (χ1v) is 8.34. The number of hydrogen-bond donors (Lipinski definition) is 1. The van der Waals surface area contributed by atoms with Gasteiger partial charge in [-0.05, 0) is 30.7 Å². The molecule has 5 nitrogen and oxygen atoms in total. The molecule has 0 fully saturated rings. The van der Waals surface area contributed by atoms with Crippen molar-refractivity contribution >= 4 is 33.5 Å². The highest BCUT2D eigenvalue weighted by Crippen LogP contribution is 2.30.